The number of amides is 2. The molecule has 0 saturated heterocycles. The molecule has 0 unspecified atom stereocenters. The topological polar surface area (TPSA) is 63.1 Å². The first kappa shape index (κ1) is 17.0. The molecule has 6 heteroatoms. The van der Waals surface area contributed by atoms with Crippen molar-refractivity contribution in [2.45, 2.75) is 39.8 Å². The van der Waals surface area contributed by atoms with Crippen LogP contribution in [0.5, 0.6) is 0 Å². The lowest BCUT2D eigenvalue weighted by Gasteiger charge is -2.21. The van der Waals surface area contributed by atoms with Gasteiger partial charge in [0.15, 0.2) is 0 Å². The van der Waals surface area contributed by atoms with E-state index in [9.17, 15) is 4.79 Å². The highest BCUT2D eigenvalue weighted by Crippen LogP contribution is 2.14. The fraction of sp³-hybridized carbons (Fsp3) is 0.471. The summed E-state index contributed by atoms with van der Waals surface area (Å²) in [4.78, 5) is 18.0. The van der Waals surface area contributed by atoms with Gasteiger partial charge in [0.05, 0.1) is 5.69 Å². The average Bonchev–Trinajstić information content (AvgIpc) is 2.74. The van der Waals surface area contributed by atoms with Gasteiger partial charge < -0.3 is 10.2 Å². The van der Waals surface area contributed by atoms with E-state index in [0.717, 1.165) is 23.4 Å². The van der Waals surface area contributed by atoms with E-state index in [-0.39, 0.29) is 12.1 Å². The minimum atomic E-state index is -0.0755. The van der Waals surface area contributed by atoms with E-state index in [1.54, 1.807) is 24.3 Å². The second-order valence-electron chi connectivity index (χ2n) is 6.04. The van der Waals surface area contributed by atoms with E-state index in [1.807, 2.05) is 37.7 Å². The van der Waals surface area contributed by atoms with Crippen molar-refractivity contribution in [3.05, 3.63) is 47.0 Å². The maximum absolute atomic E-state index is 12.3. The standard InChI is InChI=1S/C17H25N5O/c1-12(10-16-13(2)20-22(5)14(16)3)19-17(23)21(4)11-15-6-8-18-9-7-15/h6-9,12H,10-11H2,1-5H3,(H,19,23)/t12-/m0/s1. The molecule has 0 bridgehead atoms. The maximum atomic E-state index is 12.3. The second kappa shape index (κ2) is 7.26. The number of aromatic nitrogens is 3. The van der Waals surface area contributed by atoms with Crippen LogP contribution in [0.3, 0.4) is 0 Å². The Morgan fingerprint density at radius 1 is 1.35 bits per heavy atom. The van der Waals surface area contributed by atoms with Crippen LogP contribution in [0.4, 0.5) is 4.79 Å². The SMILES string of the molecule is Cc1nn(C)c(C)c1C[C@H](C)NC(=O)N(C)Cc1ccncc1. The van der Waals surface area contributed by atoms with Crippen LogP contribution in [0.1, 0.15) is 29.4 Å². The summed E-state index contributed by atoms with van der Waals surface area (Å²) in [5, 5.41) is 7.47. The fourth-order valence-electron chi connectivity index (χ4n) is 2.62. The van der Waals surface area contributed by atoms with Gasteiger partial charge in [-0.05, 0) is 50.5 Å². The zero-order valence-corrected chi connectivity index (χ0v) is 14.5. The Kier molecular flexibility index (Phi) is 5.36. The van der Waals surface area contributed by atoms with E-state index < -0.39 is 0 Å². The molecule has 2 aromatic heterocycles. The number of rotatable bonds is 5. The van der Waals surface area contributed by atoms with Gasteiger partial charge in [0.2, 0.25) is 0 Å². The summed E-state index contributed by atoms with van der Waals surface area (Å²) in [5.41, 5.74) is 4.44. The Balaban J connectivity index is 1.91. The number of hydrogen-bond donors (Lipinski definition) is 1. The first-order chi connectivity index (χ1) is 10.9. The third-order valence-corrected chi connectivity index (χ3v) is 4.05. The van der Waals surface area contributed by atoms with Crippen LogP contribution in [0, 0.1) is 13.8 Å². The lowest BCUT2D eigenvalue weighted by Crippen LogP contribution is -2.42. The molecule has 124 valence electrons. The largest absolute Gasteiger partial charge is 0.335 e. The van der Waals surface area contributed by atoms with Crippen LogP contribution in [-0.2, 0) is 20.0 Å². The maximum Gasteiger partial charge on any atom is 0.317 e. The molecule has 0 radical (unpaired) electrons. The Morgan fingerprint density at radius 3 is 2.57 bits per heavy atom. The second-order valence-corrected chi connectivity index (χ2v) is 6.04. The first-order valence-corrected chi connectivity index (χ1v) is 7.78. The molecular formula is C17H25N5O. The van der Waals surface area contributed by atoms with Crippen molar-refractivity contribution < 1.29 is 4.79 Å². The van der Waals surface area contributed by atoms with E-state index >= 15 is 0 Å². The van der Waals surface area contributed by atoms with Crippen LogP contribution < -0.4 is 5.32 Å². The zero-order chi connectivity index (χ0) is 17.0. The van der Waals surface area contributed by atoms with Gasteiger partial charge >= 0.3 is 6.03 Å². The molecule has 0 aliphatic carbocycles. The van der Waals surface area contributed by atoms with Crippen molar-refractivity contribution in [2.75, 3.05) is 7.05 Å². The number of pyridine rings is 1. The molecule has 2 aromatic rings. The summed E-state index contributed by atoms with van der Waals surface area (Å²) in [6.07, 6.45) is 4.25. The van der Waals surface area contributed by atoms with E-state index in [4.69, 9.17) is 0 Å². The number of carbonyl (C=O) groups is 1. The number of hydrogen-bond acceptors (Lipinski definition) is 3. The number of nitrogens with zero attached hydrogens (tertiary/aromatic N) is 4. The van der Waals surface area contributed by atoms with Crippen molar-refractivity contribution in [1.82, 2.24) is 25.0 Å². The third kappa shape index (κ3) is 4.31. The van der Waals surface area contributed by atoms with E-state index in [2.05, 4.69) is 22.3 Å². The summed E-state index contributed by atoms with van der Waals surface area (Å²) >= 11 is 0. The van der Waals surface area contributed by atoms with Gasteiger partial charge in [-0.2, -0.15) is 5.10 Å². The molecule has 0 fully saturated rings. The molecule has 0 aliphatic heterocycles. The van der Waals surface area contributed by atoms with Gasteiger partial charge in [-0.3, -0.25) is 9.67 Å². The minimum absolute atomic E-state index is 0.0454. The molecule has 2 heterocycles. The summed E-state index contributed by atoms with van der Waals surface area (Å²) in [6.45, 7) is 6.64. The summed E-state index contributed by atoms with van der Waals surface area (Å²) < 4.78 is 1.88. The molecule has 1 N–H and O–H groups in total. The van der Waals surface area contributed by atoms with E-state index in [1.165, 1.54) is 5.56 Å². The van der Waals surface area contributed by atoms with Gasteiger partial charge in [0.25, 0.3) is 0 Å². The minimum Gasteiger partial charge on any atom is -0.335 e. The lowest BCUT2D eigenvalue weighted by molar-refractivity contribution is 0.203. The zero-order valence-electron chi connectivity index (χ0n) is 14.5. The number of aryl methyl sites for hydroxylation is 2. The lowest BCUT2D eigenvalue weighted by atomic mass is 10.1. The van der Waals surface area contributed by atoms with Crippen molar-refractivity contribution in [3.63, 3.8) is 0 Å². The highest BCUT2D eigenvalue weighted by atomic mass is 16.2. The molecule has 23 heavy (non-hydrogen) atoms. The normalized spacial score (nSPS) is 12.0. The first-order valence-electron chi connectivity index (χ1n) is 7.78. The van der Waals surface area contributed by atoms with Crippen molar-refractivity contribution >= 4 is 6.03 Å². The number of urea groups is 1. The van der Waals surface area contributed by atoms with Crippen LogP contribution in [0.25, 0.3) is 0 Å². The van der Waals surface area contributed by atoms with Crippen LogP contribution in [-0.4, -0.2) is 38.8 Å². The Labute approximate surface area is 137 Å². The monoisotopic (exact) mass is 315 g/mol. The van der Waals surface area contributed by atoms with Crippen molar-refractivity contribution in [1.29, 1.82) is 0 Å². The highest BCUT2D eigenvalue weighted by molar-refractivity contribution is 5.74. The molecule has 2 amide bonds. The summed E-state index contributed by atoms with van der Waals surface area (Å²) in [6, 6.07) is 3.79. The summed E-state index contributed by atoms with van der Waals surface area (Å²) in [5.74, 6) is 0. The average molecular weight is 315 g/mol. The number of carbonyl (C=O) groups excluding carboxylic acids is 1. The molecule has 1 atom stereocenters. The van der Waals surface area contributed by atoms with Gasteiger partial charge in [0, 0.05) is 44.8 Å². The molecule has 0 aliphatic rings. The smallest absolute Gasteiger partial charge is 0.317 e. The van der Waals surface area contributed by atoms with Crippen molar-refractivity contribution in [2.24, 2.45) is 7.05 Å². The quantitative estimate of drug-likeness (QED) is 0.920. The molecule has 0 spiro atoms. The predicted molar refractivity (Wildman–Crippen MR) is 90.1 cm³/mol. The van der Waals surface area contributed by atoms with Crippen LogP contribution in [0.2, 0.25) is 0 Å². The third-order valence-electron chi connectivity index (χ3n) is 4.05. The fourth-order valence-corrected chi connectivity index (χ4v) is 2.62. The van der Waals surface area contributed by atoms with Gasteiger partial charge in [-0.15, -0.1) is 0 Å². The Morgan fingerprint density at radius 2 is 2.00 bits per heavy atom. The molecule has 0 aromatic carbocycles. The van der Waals surface area contributed by atoms with Crippen molar-refractivity contribution in [3.8, 4) is 0 Å². The van der Waals surface area contributed by atoms with E-state index in [0.29, 0.717) is 6.54 Å². The molecule has 0 saturated carbocycles. The summed E-state index contributed by atoms with van der Waals surface area (Å²) in [7, 11) is 3.74. The van der Waals surface area contributed by atoms with Crippen LogP contribution >= 0.6 is 0 Å². The van der Waals surface area contributed by atoms with Gasteiger partial charge in [-0.25, -0.2) is 4.79 Å². The van der Waals surface area contributed by atoms with Gasteiger partial charge in [-0.1, -0.05) is 0 Å². The Hall–Kier alpha value is -2.37. The predicted octanol–water partition coefficient (Wildman–Crippen LogP) is 2.20. The van der Waals surface area contributed by atoms with Gasteiger partial charge in [0.1, 0.15) is 0 Å². The molecule has 2 rings (SSSR count). The van der Waals surface area contributed by atoms with Crippen LogP contribution in [0.15, 0.2) is 24.5 Å². The molecular weight excluding hydrogens is 290 g/mol. The Bertz CT molecular complexity index is 665. The highest BCUT2D eigenvalue weighted by Gasteiger charge is 2.16. The molecule has 6 nitrogen and oxygen atoms in total. The number of nitrogens with one attached hydrogen (secondary N) is 1.